The predicted molar refractivity (Wildman–Crippen MR) is 80.7 cm³/mol. The van der Waals surface area contributed by atoms with E-state index in [-0.39, 0.29) is 5.28 Å². The monoisotopic (exact) mass is 307 g/mol. The third-order valence-corrected chi connectivity index (χ3v) is 3.89. The summed E-state index contributed by atoms with van der Waals surface area (Å²) in [4.78, 5) is 18.9. The zero-order chi connectivity index (χ0) is 14.7. The van der Waals surface area contributed by atoms with E-state index in [1.807, 2.05) is 0 Å². The molecule has 2 aromatic rings. The van der Waals surface area contributed by atoms with Gasteiger partial charge in [-0.2, -0.15) is 15.0 Å². The van der Waals surface area contributed by atoms with Gasteiger partial charge in [-0.1, -0.05) is 0 Å². The molecule has 0 spiro atoms. The Labute approximate surface area is 128 Å². The van der Waals surface area contributed by atoms with Crippen LogP contribution in [-0.4, -0.2) is 56.1 Å². The van der Waals surface area contributed by atoms with E-state index in [1.54, 1.807) is 23.3 Å². The van der Waals surface area contributed by atoms with Gasteiger partial charge in [0.05, 0.1) is 0 Å². The van der Waals surface area contributed by atoms with Gasteiger partial charge in [-0.15, -0.1) is 0 Å². The lowest BCUT2D eigenvalue weighted by atomic mass is 9.97. The van der Waals surface area contributed by atoms with Crippen LogP contribution in [0.1, 0.15) is 12.8 Å². The van der Waals surface area contributed by atoms with Gasteiger partial charge < -0.3 is 10.2 Å². The largest absolute Gasteiger partial charge is 0.354 e. The Hall–Kier alpha value is -1.73. The van der Waals surface area contributed by atoms with Crippen molar-refractivity contribution in [3.05, 3.63) is 24.0 Å². The van der Waals surface area contributed by atoms with Crippen LogP contribution in [0.4, 0.5) is 5.95 Å². The van der Waals surface area contributed by atoms with Crippen LogP contribution in [0.15, 0.2) is 18.7 Å². The van der Waals surface area contributed by atoms with Crippen molar-refractivity contribution in [2.45, 2.75) is 12.8 Å². The standard InChI is InChI=1S/C13H18ClN7/c1-20-5-2-10(3-6-20)8-16-12-17-11(14)18-13(19-12)21-7-4-15-9-21/h4,7,9-10H,2-3,5-6,8H2,1H3,(H,16,17,18,19). The quantitative estimate of drug-likeness (QED) is 0.922. The summed E-state index contributed by atoms with van der Waals surface area (Å²) in [6.07, 6.45) is 7.45. The molecule has 0 bridgehead atoms. The Morgan fingerprint density at radius 1 is 1.29 bits per heavy atom. The van der Waals surface area contributed by atoms with E-state index in [2.05, 4.69) is 37.2 Å². The lowest BCUT2D eigenvalue weighted by Gasteiger charge is -2.28. The number of likely N-dealkylation sites (tertiary alicyclic amines) is 1. The second-order valence-electron chi connectivity index (χ2n) is 5.33. The van der Waals surface area contributed by atoms with Crippen LogP contribution in [-0.2, 0) is 0 Å². The first kappa shape index (κ1) is 14.2. The number of hydrogen-bond acceptors (Lipinski definition) is 6. The molecule has 1 saturated heterocycles. The minimum absolute atomic E-state index is 0.180. The SMILES string of the molecule is CN1CCC(CNc2nc(Cl)nc(-n3ccnc3)n2)CC1. The van der Waals surface area contributed by atoms with Crippen molar-refractivity contribution in [1.82, 2.24) is 29.4 Å². The number of imidazole rings is 1. The average Bonchev–Trinajstić information content (AvgIpc) is 3.00. The Bertz CT molecular complexity index is 578. The fraction of sp³-hybridized carbons (Fsp3) is 0.538. The molecule has 3 heterocycles. The van der Waals surface area contributed by atoms with Gasteiger partial charge in [-0.3, -0.25) is 4.57 Å². The molecule has 0 amide bonds. The normalized spacial score (nSPS) is 17.0. The maximum absolute atomic E-state index is 5.96. The van der Waals surface area contributed by atoms with Crippen molar-refractivity contribution >= 4 is 17.5 Å². The van der Waals surface area contributed by atoms with Crippen LogP contribution in [0, 0.1) is 5.92 Å². The van der Waals surface area contributed by atoms with Crippen LogP contribution < -0.4 is 5.32 Å². The molecule has 8 heteroatoms. The first-order valence-electron chi connectivity index (χ1n) is 7.03. The number of halogens is 1. The van der Waals surface area contributed by atoms with Crippen molar-refractivity contribution in [1.29, 1.82) is 0 Å². The molecule has 0 unspecified atom stereocenters. The van der Waals surface area contributed by atoms with Gasteiger partial charge in [-0.05, 0) is 50.5 Å². The number of anilines is 1. The number of rotatable bonds is 4. The fourth-order valence-electron chi connectivity index (χ4n) is 2.41. The lowest BCUT2D eigenvalue weighted by molar-refractivity contribution is 0.226. The summed E-state index contributed by atoms with van der Waals surface area (Å²) in [6, 6.07) is 0. The van der Waals surface area contributed by atoms with Gasteiger partial charge in [0.1, 0.15) is 6.33 Å². The van der Waals surface area contributed by atoms with E-state index in [0.29, 0.717) is 17.8 Å². The van der Waals surface area contributed by atoms with Gasteiger partial charge in [0.15, 0.2) is 0 Å². The molecule has 3 rings (SSSR count). The highest BCUT2D eigenvalue weighted by atomic mass is 35.5. The van der Waals surface area contributed by atoms with Crippen molar-refractivity contribution in [2.24, 2.45) is 5.92 Å². The van der Waals surface area contributed by atoms with Crippen LogP contribution in [0.2, 0.25) is 5.28 Å². The van der Waals surface area contributed by atoms with Crippen LogP contribution in [0.3, 0.4) is 0 Å². The summed E-state index contributed by atoms with van der Waals surface area (Å²) >= 11 is 5.96. The number of nitrogens with zero attached hydrogens (tertiary/aromatic N) is 6. The maximum Gasteiger partial charge on any atom is 0.241 e. The highest BCUT2D eigenvalue weighted by Gasteiger charge is 2.17. The average molecular weight is 308 g/mol. The second kappa shape index (κ2) is 6.36. The molecule has 1 aliphatic heterocycles. The fourth-order valence-corrected chi connectivity index (χ4v) is 2.57. The van der Waals surface area contributed by atoms with Gasteiger partial charge in [0.25, 0.3) is 0 Å². The Morgan fingerprint density at radius 3 is 2.81 bits per heavy atom. The minimum atomic E-state index is 0.180. The van der Waals surface area contributed by atoms with Gasteiger partial charge in [0.2, 0.25) is 17.2 Å². The molecule has 1 N–H and O–H groups in total. The molecule has 1 fully saturated rings. The molecular weight excluding hydrogens is 290 g/mol. The van der Waals surface area contributed by atoms with E-state index in [0.717, 1.165) is 19.6 Å². The van der Waals surface area contributed by atoms with E-state index in [9.17, 15) is 0 Å². The van der Waals surface area contributed by atoms with Crippen molar-refractivity contribution in [2.75, 3.05) is 32.0 Å². The molecule has 0 aromatic carbocycles. The Kier molecular flexibility index (Phi) is 4.31. The number of piperidine rings is 1. The van der Waals surface area contributed by atoms with Crippen LogP contribution in [0.25, 0.3) is 5.95 Å². The topological polar surface area (TPSA) is 71.8 Å². The third-order valence-electron chi connectivity index (χ3n) is 3.72. The number of aromatic nitrogens is 5. The Morgan fingerprint density at radius 2 is 2.10 bits per heavy atom. The molecular formula is C13H18ClN7. The summed E-state index contributed by atoms with van der Waals surface area (Å²) in [5, 5.41) is 3.45. The summed E-state index contributed by atoms with van der Waals surface area (Å²) < 4.78 is 1.70. The molecule has 7 nitrogen and oxygen atoms in total. The molecule has 21 heavy (non-hydrogen) atoms. The van der Waals surface area contributed by atoms with E-state index in [4.69, 9.17) is 11.6 Å². The molecule has 0 aliphatic carbocycles. The second-order valence-corrected chi connectivity index (χ2v) is 5.66. The van der Waals surface area contributed by atoms with Crippen LogP contribution in [0.5, 0.6) is 0 Å². The Balaban J connectivity index is 1.65. The lowest BCUT2D eigenvalue weighted by Crippen LogP contribution is -2.33. The summed E-state index contributed by atoms with van der Waals surface area (Å²) in [7, 11) is 2.16. The highest BCUT2D eigenvalue weighted by molar-refractivity contribution is 6.28. The predicted octanol–water partition coefficient (Wildman–Crippen LogP) is 1.46. The minimum Gasteiger partial charge on any atom is -0.354 e. The van der Waals surface area contributed by atoms with Crippen molar-refractivity contribution in [3.63, 3.8) is 0 Å². The van der Waals surface area contributed by atoms with E-state index in [1.165, 1.54) is 12.8 Å². The summed E-state index contributed by atoms with van der Waals surface area (Å²) in [5.41, 5.74) is 0. The summed E-state index contributed by atoms with van der Waals surface area (Å²) in [6.45, 7) is 3.15. The number of nitrogens with one attached hydrogen (secondary N) is 1. The summed E-state index contributed by atoms with van der Waals surface area (Å²) in [5.74, 6) is 1.63. The molecule has 2 aromatic heterocycles. The van der Waals surface area contributed by atoms with Crippen LogP contribution >= 0.6 is 11.6 Å². The highest BCUT2D eigenvalue weighted by Crippen LogP contribution is 2.17. The maximum atomic E-state index is 5.96. The first-order chi connectivity index (χ1) is 10.2. The molecule has 0 atom stereocenters. The number of hydrogen-bond donors (Lipinski definition) is 1. The zero-order valence-electron chi connectivity index (χ0n) is 11.9. The first-order valence-corrected chi connectivity index (χ1v) is 7.41. The molecule has 0 radical (unpaired) electrons. The van der Waals surface area contributed by atoms with E-state index < -0.39 is 0 Å². The third kappa shape index (κ3) is 3.68. The molecule has 0 saturated carbocycles. The van der Waals surface area contributed by atoms with Gasteiger partial charge >= 0.3 is 0 Å². The van der Waals surface area contributed by atoms with Crippen molar-refractivity contribution < 1.29 is 0 Å². The zero-order valence-corrected chi connectivity index (χ0v) is 12.7. The van der Waals surface area contributed by atoms with E-state index >= 15 is 0 Å². The molecule has 112 valence electrons. The van der Waals surface area contributed by atoms with Crippen molar-refractivity contribution in [3.8, 4) is 5.95 Å². The van der Waals surface area contributed by atoms with Gasteiger partial charge in [-0.25, -0.2) is 4.98 Å². The van der Waals surface area contributed by atoms with Gasteiger partial charge in [0, 0.05) is 18.9 Å². The smallest absolute Gasteiger partial charge is 0.241 e. The molecule has 1 aliphatic rings.